The van der Waals surface area contributed by atoms with Crippen molar-refractivity contribution < 1.29 is 24.5 Å². The molecule has 6 heteroatoms. The molecule has 4 rings (SSSR count). The summed E-state index contributed by atoms with van der Waals surface area (Å²) < 4.78 is 6.01. The highest BCUT2D eigenvalue weighted by Gasteiger charge is 2.65. The second kappa shape index (κ2) is 5.04. The minimum atomic E-state index is -1.40. The molecule has 0 spiro atoms. The van der Waals surface area contributed by atoms with Crippen LogP contribution in [0, 0.1) is 23.7 Å². The number of hydrogen-bond donors (Lipinski definition) is 2. The van der Waals surface area contributed by atoms with Gasteiger partial charge in [0.1, 0.15) is 5.75 Å². The number of hydrogen-bond acceptors (Lipinski definition) is 5. The molecule has 3 fully saturated rings. The summed E-state index contributed by atoms with van der Waals surface area (Å²) in [5, 5.41) is 20.6. The van der Waals surface area contributed by atoms with Gasteiger partial charge in [-0.25, -0.2) is 0 Å². The Kier molecular flexibility index (Phi) is 3.27. The smallest absolute Gasteiger partial charge is 0.233 e. The third kappa shape index (κ3) is 1.96. The van der Waals surface area contributed by atoms with Gasteiger partial charge in [-0.15, -0.1) is 0 Å². The summed E-state index contributed by atoms with van der Waals surface area (Å²) in [6, 6.07) is 6.68. The van der Waals surface area contributed by atoms with Crippen molar-refractivity contribution in [2.24, 2.45) is 23.7 Å². The maximum atomic E-state index is 12.5. The summed E-state index contributed by atoms with van der Waals surface area (Å²) in [7, 11) is 1.51. The number of carbonyl (C=O) groups excluding carboxylic acids is 2. The summed E-state index contributed by atoms with van der Waals surface area (Å²) in [5.74, 6) is -3.08. The summed E-state index contributed by atoms with van der Waals surface area (Å²) in [6.45, 7) is 1.87. The molecule has 0 aromatic heterocycles. The molecule has 0 bridgehead atoms. The Morgan fingerprint density at radius 2 is 1.83 bits per heavy atom. The van der Waals surface area contributed by atoms with Crippen molar-refractivity contribution in [3.63, 3.8) is 0 Å². The highest BCUT2D eigenvalue weighted by Crippen LogP contribution is 2.57. The lowest BCUT2D eigenvalue weighted by Gasteiger charge is -2.43. The van der Waals surface area contributed by atoms with E-state index in [-0.39, 0.29) is 35.5 Å². The maximum absolute atomic E-state index is 12.5. The Bertz CT molecular complexity index is 702. The summed E-state index contributed by atoms with van der Waals surface area (Å²) in [5.41, 5.74) is 0.851. The van der Waals surface area contributed by atoms with E-state index in [1.54, 1.807) is 24.3 Å². The van der Waals surface area contributed by atoms with E-state index in [1.807, 2.05) is 6.92 Å². The van der Waals surface area contributed by atoms with Crippen LogP contribution in [-0.4, -0.2) is 39.8 Å². The summed E-state index contributed by atoms with van der Waals surface area (Å²) in [6.07, 6.45) is 0.588. The van der Waals surface area contributed by atoms with E-state index in [1.165, 1.54) is 11.9 Å². The van der Waals surface area contributed by atoms with E-state index in [0.29, 0.717) is 12.8 Å². The van der Waals surface area contributed by atoms with Gasteiger partial charge in [0.2, 0.25) is 11.8 Å². The molecular formula is C18H21NO5. The lowest BCUT2D eigenvalue weighted by molar-refractivity contribution is -0.265. The van der Waals surface area contributed by atoms with Gasteiger partial charge < -0.3 is 14.9 Å². The molecule has 2 heterocycles. The minimum absolute atomic E-state index is 0.146. The van der Waals surface area contributed by atoms with Crippen LogP contribution in [0.5, 0.6) is 5.75 Å². The molecule has 0 unspecified atom stereocenters. The normalized spacial score (nSPS) is 41.5. The van der Waals surface area contributed by atoms with E-state index >= 15 is 0 Å². The van der Waals surface area contributed by atoms with Gasteiger partial charge in [-0.2, -0.15) is 0 Å². The Hall–Kier alpha value is -1.92. The van der Waals surface area contributed by atoms with E-state index in [0.717, 1.165) is 5.56 Å². The van der Waals surface area contributed by atoms with E-state index in [9.17, 15) is 19.8 Å². The average molecular weight is 331 g/mol. The number of amides is 2. The number of fused-ring (bicyclic) bond motifs is 3. The first kappa shape index (κ1) is 15.6. The zero-order valence-electron chi connectivity index (χ0n) is 13.7. The number of phenolic OH excluding ortho intramolecular Hbond substituents is 1. The highest BCUT2D eigenvalue weighted by atomic mass is 16.6. The van der Waals surface area contributed by atoms with Crippen LogP contribution in [0.3, 0.4) is 0 Å². The van der Waals surface area contributed by atoms with Gasteiger partial charge in [0.15, 0.2) is 5.79 Å². The lowest BCUT2D eigenvalue weighted by atomic mass is 9.65. The fourth-order valence-corrected chi connectivity index (χ4v) is 4.70. The predicted octanol–water partition coefficient (Wildman–Crippen LogP) is 1.43. The fraction of sp³-hybridized carbons (Fsp3) is 0.556. The number of ether oxygens (including phenoxy) is 1. The molecular weight excluding hydrogens is 310 g/mol. The molecule has 1 saturated carbocycles. The maximum Gasteiger partial charge on any atom is 0.233 e. The Morgan fingerprint density at radius 3 is 2.50 bits per heavy atom. The number of imide groups is 1. The molecule has 1 aliphatic carbocycles. The van der Waals surface area contributed by atoms with Crippen molar-refractivity contribution in [2.75, 3.05) is 7.05 Å². The van der Waals surface area contributed by atoms with Crippen LogP contribution >= 0.6 is 0 Å². The first-order chi connectivity index (χ1) is 11.3. The predicted molar refractivity (Wildman–Crippen MR) is 83.5 cm³/mol. The van der Waals surface area contributed by atoms with Crippen molar-refractivity contribution in [3.05, 3.63) is 29.8 Å². The molecule has 6 nitrogen and oxygen atoms in total. The van der Waals surface area contributed by atoms with Gasteiger partial charge in [-0.1, -0.05) is 19.1 Å². The summed E-state index contributed by atoms with van der Waals surface area (Å²) in [4.78, 5) is 26.1. The van der Waals surface area contributed by atoms with Crippen molar-refractivity contribution >= 4 is 11.8 Å². The number of nitrogens with zero attached hydrogens (tertiary/aromatic N) is 1. The van der Waals surface area contributed by atoms with E-state index in [4.69, 9.17) is 4.74 Å². The number of phenols is 1. The van der Waals surface area contributed by atoms with Crippen molar-refractivity contribution in [1.29, 1.82) is 0 Å². The monoisotopic (exact) mass is 331 g/mol. The van der Waals surface area contributed by atoms with Crippen LogP contribution in [0.25, 0.3) is 0 Å². The molecule has 2 N–H and O–H groups in total. The molecule has 3 aliphatic rings. The minimum Gasteiger partial charge on any atom is -0.508 e. The summed E-state index contributed by atoms with van der Waals surface area (Å²) >= 11 is 0. The number of aromatic hydroxyl groups is 1. The Balaban J connectivity index is 1.69. The number of likely N-dealkylation sites (tertiary alicyclic amines) is 1. The number of rotatable bonds is 1. The lowest BCUT2D eigenvalue weighted by Crippen LogP contribution is -2.52. The zero-order chi connectivity index (χ0) is 17.2. The van der Waals surface area contributed by atoms with Gasteiger partial charge in [-0.05, 0) is 30.5 Å². The van der Waals surface area contributed by atoms with Crippen LogP contribution in [0.15, 0.2) is 24.3 Å². The van der Waals surface area contributed by atoms with Crippen LogP contribution < -0.4 is 0 Å². The topological polar surface area (TPSA) is 87.1 Å². The largest absolute Gasteiger partial charge is 0.508 e. The second-order valence-corrected chi connectivity index (χ2v) is 7.30. The molecule has 24 heavy (non-hydrogen) atoms. The van der Waals surface area contributed by atoms with Crippen molar-refractivity contribution in [3.8, 4) is 5.75 Å². The molecule has 2 amide bonds. The van der Waals surface area contributed by atoms with Crippen LogP contribution in [0.1, 0.15) is 31.4 Å². The Morgan fingerprint density at radius 1 is 1.17 bits per heavy atom. The van der Waals surface area contributed by atoms with E-state index in [2.05, 4.69) is 0 Å². The molecule has 128 valence electrons. The number of aliphatic hydroxyl groups is 1. The molecule has 6 atom stereocenters. The van der Waals surface area contributed by atoms with Crippen molar-refractivity contribution in [1.82, 2.24) is 4.90 Å². The Labute approximate surface area is 140 Å². The first-order valence-electron chi connectivity index (χ1n) is 8.33. The number of benzene rings is 1. The number of carbonyl (C=O) groups is 2. The highest BCUT2D eigenvalue weighted by molar-refractivity contribution is 6.05. The zero-order valence-corrected chi connectivity index (χ0v) is 13.7. The van der Waals surface area contributed by atoms with E-state index < -0.39 is 17.6 Å². The van der Waals surface area contributed by atoms with Gasteiger partial charge >= 0.3 is 0 Å². The molecule has 0 radical (unpaired) electrons. The average Bonchev–Trinajstić information content (AvgIpc) is 3.01. The molecule has 1 aromatic rings. The third-order valence-corrected chi connectivity index (χ3v) is 6.04. The third-order valence-electron chi connectivity index (χ3n) is 6.04. The molecule has 2 saturated heterocycles. The second-order valence-electron chi connectivity index (χ2n) is 7.30. The standard InChI is InChI=1S/C18H21NO5/c1-9-7-12-15(17(22)19(2)16(12)21)13-8-14(24-18(9,13)23)10-3-5-11(20)6-4-10/h3-6,9,12-15,20,23H,7-8H2,1-2H3/t9-,12-,13-,14-,15-,18+/m0/s1. The SMILES string of the molecule is C[C@H]1C[C@@H]2C(=O)N(C)C(=O)[C@@H]2[C@@H]2C[C@@H](c3ccc(O)cc3)O[C@]12O. The fourth-order valence-electron chi connectivity index (χ4n) is 4.70. The van der Waals surface area contributed by atoms with Gasteiger partial charge in [0.05, 0.1) is 17.9 Å². The van der Waals surface area contributed by atoms with Gasteiger partial charge in [0, 0.05) is 18.9 Å². The first-order valence-corrected chi connectivity index (χ1v) is 8.33. The molecule has 2 aliphatic heterocycles. The van der Waals surface area contributed by atoms with Gasteiger partial charge in [0.25, 0.3) is 0 Å². The van der Waals surface area contributed by atoms with Crippen LogP contribution in [-0.2, 0) is 14.3 Å². The van der Waals surface area contributed by atoms with Crippen LogP contribution in [0.4, 0.5) is 0 Å². The molecule has 1 aromatic carbocycles. The van der Waals surface area contributed by atoms with Crippen LogP contribution in [0.2, 0.25) is 0 Å². The van der Waals surface area contributed by atoms with Gasteiger partial charge in [-0.3, -0.25) is 14.5 Å². The van der Waals surface area contributed by atoms with Crippen molar-refractivity contribution in [2.45, 2.75) is 31.7 Å². The quantitative estimate of drug-likeness (QED) is 0.760.